The summed E-state index contributed by atoms with van der Waals surface area (Å²) < 4.78 is 18.4. The number of hydrogen-bond acceptors (Lipinski definition) is 3. The average molecular weight is 248 g/mol. The zero-order chi connectivity index (χ0) is 13.0. The molecule has 0 saturated carbocycles. The van der Waals surface area contributed by atoms with E-state index < -0.39 is 0 Å². The number of halogens is 1. The van der Waals surface area contributed by atoms with Crippen LogP contribution in [-0.2, 0) is 0 Å². The molecule has 0 bridgehead atoms. The van der Waals surface area contributed by atoms with Gasteiger partial charge >= 0.3 is 0 Å². The van der Waals surface area contributed by atoms with Crippen molar-refractivity contribution >= 4 is 5.69 Å². The van der Waals surface area contributed by atoms with Gasteiger partial charge in [0.1, 0.15) is 11.6 Å². The van der Waals surface area contributed by atoms with Gasteiger partial charge in [0.15, 0.2) is 0 Å². The first kappa shape index (κ1) is 12.6. The molecule has 2 aromatic rings. The van der Waals surface area contributed by atoms with Gasteiger partial charge in [0, 0.05) is 18.8 Å². The Morgan fingerprint density at radius 1 is 1.28 bits per heavy atom. The Morgan fingerprint density at radius 2 is 2.00 bits per heavy atom. The maximum atomic E-state index is 12.9. The number of furan rings is 1. The van der Waals surface area contributed by atoms with Crippen molar-refractivity contribution in [1.82, 2.24) is 0 Å². The minimum absolute atomic E-state index is 0.0320. The number of hydrogen-bond donors (Lipinski definition) is 1. The van der Waals surface area contributed by atoms with Crippen molar-refractivity contribution in [3.05, 3.63) is 54.2 Å². The smallest absolute Gasteiger partial charge is 0.127 e. The van der Waals surface area contributed by atoms with Crippen molar-refractivity contribution in [2.45, 2.75) is 13.0 Å². The van der Waals surface area contributed by atoms with Crippen LogP contribution in [0.1, 0.15) is 18.7 Å². The molecule has 2 N–H and O–H groups in total. The zero-order valence-corrected chi connectivity index (χ0v) is 10.3. The van der Waals surface area contributed by atoms with Crippen LogP contribution < -0.4 is 10.6 Å². The lowest BCUT2D eigenvalue weighted by Crippen LogP contribution is -2.33. The number of rotatable bonds is 5. The minimum atomic E-state index is -0.239. The minimum Gasteiger partial charge on any atom is -0.467 e. The summed E-state index contributed by atoms with van der Waals surface area (Å²) in [5.74, 6) is 0.584. The highest BCUT2D eigenvalue weighted by molar-refractivity contribution is 5.48. The number of anilines is 1. The summed E-state index contributed by atoms with van der Waals surface area (Å²) >= 11 is 0. The molecule has 0 radical (unpaired) electrons. The van der Waals surface area contributed by atoms with E-state index in [0.29, 0.717) is 6.54 Å². The van der Waals surface area contributed by atoms with Crippen LogP contribution in [-0.4, -0.2) is 13.1 Å². The van der Waals surface area contributed by atoms with Gasteiger partial charge in [-0.15, -0.1) is 0 Å². The van der Waals surface area contributed by atoms with Crippen LogP contribution in [0.25, 0.3) is 0 Å². The Kier molecular flexibility index (Phi) is 3.99. The van der Waals surface area contributed by atoms with Crippen molar-refractivity contribution in [1.29, 1.82) is 0 Å². The van der Waals surface area contributed by atoms with Gasteiger partial charge in [-0.05, 0) is 43.3 Å². The summed E-state index contributed by atoms with van der Waals surface area (Å²) in [5, 5.41) is 0. The molecule has 1 aromatic heterocycles. The fourth-order valence-corrected chi connectivity index (χ4v) is 2.09. The van der Waals surface area contributed by atoms with Crippen molar-refractivity contribution in [2.24, 2.45) is 5.73 Å². The predicted molar refractivity (Wildman–Crippen MR) is 69.9 cm³/mol. The lowest BCUT2D eigenvalue weighted by Gasteiger charge is -2.30. The fourth-order valence-electron chi connectivity index (χ4n) is 2.09. The highest BCUT2D eigenvalue weighted by Crippen LogP contribution is 2.26. The summed E-state index contributed by atoms with van der Waals surface area (Å²) in [6.07, 6.45) is 1.64. The van der Waals surface area contributed by atoms with Crippen LogP contribution in [0.15, 0.2) is 47.1 Å². The Hall–Kier alpha value is -1.81. The molecule has 3 nitrogen and oxygen atoms in total. The van der Waals surface area contributed by atoms with Crippen molar-refractivity contribution in [3.8, 4) is 0 Å². The van der Waals surface area contributed by atoms with Crippen molar-refractivity contribution < 1.29 is 8.81 Å². The Labute approximate surface area is 106 Å². The molecule has 18 heavy (non-hydrogen) atoms. The van der Waals surface area contributed by atoms with Crippen molar-refractivity contribution in [3.63, 3.8) is 0 Å². The summed E-state index contributed by atoms with van der Waals surface area (Å²) in [4.78, 5) is 2.10. The highest BCUT2D eigenvalue weighted by Gasteiger charge is 2.20. The molecule has 96 valence electrons. The van der Waals surface area contributed by atoms with E-state index in [1.807, 2.05) is 19.1 Å². The van der Waals surface area contributed by atoms with Gasteiger partial charge in [0.2, 0.25) is 0 Å². The second kappa shape index (κ2) is 5.69. The molecule has 1 heterocycles. The summed E-state index contributed by atoms with van der Waals surface area (Å²) in [5.41, 5.74) is 6.77. The molecule has 1 aromatic carbocycles. The largest absolute Gasteiger partial charge is 0.467 e. The van der Waals surface area contributed by atoms with Crippen LogP contribution in [0, 0.1) is 5.82 Å². The molecule has 0 spiro atoms. The molecule has 0 fully saturated rings. The van der Waals surface area contributed by atoms with Crippen LogP contribution in [0.3, 0.4) is 0 Å². The lowest BCUT2D eigenvalue weighted by atomic mass is 10.1. The summed E-state index contributed by atoms with van der Waals surface area (Å²) in [6.45, 7) is 3.25. The third-order valence-corrected chi connectivity index (χ3v) is 2.97. The third kappa shape index (κ3) is 2.54. The lowest BCUT2D eigenvalue weighted by molar-refractivity contribution is 0.453. The second-order valence-electron chi connectivity index (χ2n) is 4.03. The first-order valence-electron chi connectivity index (χ1n) is 6.02. The van der Waals surface area contributed by atoms with E-state index >= 15 is 0 Å². The molecule has 0 amide bonds. The van der Waals surface area contributed by atoms with E-state index in [9.17, 15) is 4.39 Å². The molecular weight excluding hydrogens is 231 g/mol. The summed E-state index contributed by atoms with van der Waals surface area (Å²) in [7, 11) is 0. The number of nitrogens with zero attached hydrogens (tertiary/aromatic N) is 1. The first-order valence-corrected chi connectivity index (χ1v) is 6.02. The molecule has 1 unspecified atom stereocenters. The average Bonchev–Trinajstić information content (AvgIpc) is 2.91. The SMILES string of the molecule is CCN(c1ccc(F)cc1)C(CN)c1ccco1. The first-order chi connectivity index (χ1) is 8.76. The molecule has 0 aliphatic rings. The van der Waals surface area contributed by atoms with E-state index in [2.05, 4.69) is 4.90 Å². The van der Waals surface area contributed by atoms with E-state index in [4.69, 9.17) is 10.2 Å². The van der Waals surface area contributed by atoms with Crippen LogP contribution >= 0.6 is 0 Å². The normalized spacial score (nSPS) is 12.4. The maximum absolute atomic E-state index is 12.9. The van der Waals surface area contributed by atoms with Gasteiger partial charge in [0.25, 0.3) is 0 Å². The van der Waals surface area contributed by atoms with E-state index in [1.165, 1.54) is 12.1 Å². The van der Waals surface area contributed by atoms with Gasteiger partial charge in [-0.25, -0.2) is 4.39 Å². The molecule has 4 heteroatoms. The third-order valence-electron chi connectivity index (χ3n) is 2.97. The Bertz CT molecular complexity index is 467. The van der Waals surface area contributed by atoms with E-state index in [0.717, 1.165) is 18.0 Å². The fraction of sp³-hybridized carbons (Fsp3) is 0.286. The molecule has 0 saturated heterocycles. The van der Waals surface area contributed by atoms with Crippen molar-refractivity contribution in [2.75, 3.05) is 18.0 Å². The monoisotopic (exact) mass is 248 g/mol. The second-order valence-corrected chi connectivity index (χ2v) is 4.03. The Morgan fingerprint density at radius 3 is 2.50 bits per heavy atom. The molecule has 2 rings (SSSR count). The zero-order valence-electron chi connectivity index (χ0n) is 10.3. The number of nitrogens with two attached hydrogens (primary N) is 1. The quantitative estimate of drug-likeness (QED) is 0.884. The van der Waals surface area contributed by atoms with Gasteiger partial charge in [-0.3, -0.25) is 0 Å². The van der Waals surface area contributed by atoms with Gasteiger partial charge in [-0.2, -0.15) is 0 Å². The van der Waals surface area contributed by atoms with E-state index in [1.54, 1.807) is 18.4 Å². The van der Waals surface area contributed by atoms with Crippen LogP contribution in [0.2, 0.25) is 0 Å². The maximum Gasteiger partial charge on any atom is 0.127 e. The molecule has 0 aliphatic carbocycles. The molecule has 1 atom stereocenters. The number of likely N-dealkylation sites (N-methyl/N-ethyl adjacent to an activating group) is 1. The predicted octanol–water partition coefficient (Wildman–Crippen LogP) is 2.95. The van der Waals surface area contributed by atoms with Gasteiger partial charge in [0.05, 0.1) is 12.3 Å². The number of benzene rings is 1. The molecular formula is C14H17FN2O. The highest BCUT2D eigenvalue weighted by atomic mass is 19.1. The van der Waals surface area contributed by atoms with Gasteiger partial charge < -0.3 is 15.1 Å². The molecule has 0 aliphatic heterocycles. The van der Waals surface area contributed by atoms with Crippen LogP contribution in [0.4, 0.5) is 10.1 Å². The standard InChI is InChI=1S/C14H17FN2O/c1-2-17(12-7-5-11(15)6-8-12)13(10-16)14-4-3-9-18-14/h3-9,13H,2,10,16H2,1H3. The topological polar surface area (TPSA) is 42.4 Å². The van der Waals surface area contributed by atoms with Crippen LogP contribution in [0.5, 0.6) is 0 Å². The van der Waals surface area contributed by atoms with Gasteiger partial charge in [-0.1, -0.05) is 0 Å². The summed E-state index contributed by atoms with van der Waals surface area (Å²) in [6, 6.07) is 10.1. The Balaban J connectivity index is 2.29. The van der Waals surface area contributed by atoms with E-state index in [-0.39, 0.29) is 11.9 Å².